The highest BCUT2D eigenvalue weighted by molar-refractivity contribution is 7.17. The lowest BCUT2D eigenvalue weighted by Crippen LogP contribution is -2.38. The SMILES string of the molecule is COc1cc(C)c2[nH]c(=O)c3sccc3c2c1-c1ccc(N(CCC(C)C)C(=O)OC(C)(C)C)c(F)c1. The van der Waals surface area contributed by atoms with Gasteiger partial charge in [-0.2, -0.15) is 0 Å². The van der Waals surface area contributed by atoms with Crippen molar-refractivity contribution in [1.29, 1.82) is 0 Å². The molecule has 2 aromatic carbocycles. The number of anilines is 1. The summed E-state index contributed by atoms with van der Waals surface area (Å²) in [5.41, 5.74) is 2.08. The number of ether oxygens (including phenoxy) is 2. The Hall–Kier alpha value is -3.39. The number of hydrogen-bond donors (Lipinski definition) is 1. The zero-order valence-electron chi connectivity index (χ0n) is 22.3. The molecular weight excluding hydrogens is 491 g/mol. The van der Waals surface area contributed by atoms with E-state index in [4.69, 9.17) is 9.47 Å². The second-order valence-electron chi connectivity index (χ2n) is 10.6. The lowest BCUT2D eigenvalue weighted by Gasteiger charge is -2.28. The minimum atomic E-state index is -0.708. The number of aryl methyl sites for hydroxylation is 1. The molecule has 0 fully saturated rings. The maximum absolute atomic E-state index is 15.8. The summed E-state index contributed by atoms with van der Waals surface area (Å²) in [6.45, 7) is 11.7. The second kappa shape index (κ2) is 10.2. The van der Waals surface area contributed by atoms with Crippen LogP contribution in [0.3, 0.4) is 0 Å². The number of aromatic nitrogens is 1. The third kappa shape index (κ3) is 5.34. The summed E-state index contributed by atoms with van der Waals surface area (Å²) in [5, 5.41) is 3.45. The fraction of sp³-hybridized carbons (Fsp3) is 0.379. The number of pyridine rings is 1. The van der Waals surface area contributed by atoms with Gasteiger partial charge in [-0.3, -0.25) is 9.69 Å². The van der Waals surface area contributed by atoms with Crippen molar-refractivity contribution >= 4 is 44.1 Å². The van der Waals surface area contributed by atoms with Crippen LogP contribution in [0.1, 0.15) is 46.6 Å². The number of nitrogens with zero attached hydrogens (tertiary/aromatic N) is 1. The number of thiophene rings is 1. The fourth-order valence-electron chi connectivity index (χ4n) is 4.41. The number of methoxy groups -OCH3 is 1. The van der Waals surface area contributed by atoms with Crippen LogP contribution in [-0.4, -0.2) is 30.3 Å². The average Bonchev–Trinajstić information content (AvgIpc) is 3.30. The van der Waals surface area contributed by atoms with E-state index in [1.54, 1.807) is 40.0 Å². The molecule has 0 radical (unpaired) electrons. The number of carbonyl (C=O) groups excluding carboxylic acids is 1. The van der Waals surface area contributed by atoms with Gasteiger partial charge >= 0.3 is 6.09 Å². The molecule has 1 N–H and O–H groups in total. The fourth-order valence-corrected chi connectivity index (χ4v) is 5.21. The minimum absolute atomic E-state index is 0.156. The molecule has 2 heterocycles. The van der Waals surface area contributed by atoms with Gasteiger partial charge in [-0.25, -0.2) is 9.18 Å². The molecule has 2 aromatic heterocycles. The molecule has 0 bridgehead atoms. The summed E-state index contributed by atoms with van der Waals surface area (Å²) in [4.78, 5) is 30.1. The number of rotatable bonds is 6. The quantitative estimate of drug-likeness (QED) is 0.281. The lowest BCUT2D eigenvalue weighted by molar-refractivity contribution is 0.0577. The first-order valence-corrected chi connectivity index (χ1v) is 13.2. The van der Waals surface area contributed by atoms with Crippen molar-refractivity contribution in [2.75, 3.05) is 18.6 Å². The van der Waals surface area contributed by atoms with Gasteiger partial charge in [0.1, 0.15) is 21.9 Å². The Morgan fingerprint density at radius 3 is 2.54 bits per heavy atom. The van der Waals surface area contributed by atoms with E-state index in [0.717, 1.165) is 16.3 Å². The monoisotopic (exact) mass is 524 g/mol. The molecule has 0 atom stereocenters. The number of benzene rings is 2. The number of hydrogen-bond acceptors (Lipinski definition) is 5. The average molecular weight is 525 g/mol. The van der Waals surface area contributed by atoms with Crippen LogP contribution in [0.25, 0.3) is 32.1 Å². The number of carbonyl (C=O) groups is 1. The van der Waals surface area contributed by atoms with Crippen molar-refractivity contribution in [2.45, 2.75) is 53.6 Å². The van der Waals surface area contributed by atoms with E-state index in [9.17, 15) is 9.59 Å². The van der Waals surface area contributed by atoms with E-state index in [1.165, 1.54) is 22.3 Å². The molecule has 6 nitrogen and oxygen atoms in total. The highest BCUT2D eigenvalue weighted by Crippen LogP contribution is 2.42. The summed E-state index contributed by atoms with van der Waals surface area (Å²) in [6, 6.07) is 8.55. The van der Waals surface area contributed by atoms with Gasteiger partial charge < -0.3 is 14.5 Å². The highest BCUT2D eigenvalue weighted by atomic mass is 32.1. The molecule has 1 amide bonds. The molecule has 8 heteroatoms. The lowest BCUT2D eigenvalue weighted by atomic mass is 9.94. The summed E-state index contributed by atoms with van der Waals surface area (Å²) in [7, 11) is 1.57. The summed E-state index contributed by atoms with van der Waals surface area (Å²) < 4.78 is 27.7. The van der Waals surface area contributed by atoms with Crippen molar-refractivity contribution in [2.24, 2.45) is 5.92 Å². The number of nitrogens with one attached hydrogen (secondary N) is 1. The Balaban J connectivity index is 1.90. The number of amides is 1. The Kier molecular flexibility index (Phi) is 7.33. The Morgan fingerprint density at radius 2 is 1.92 bits per heavy atom. The predicted octanol–water partition coefficient (Wildman–Crippen LogP) is 7.65. The van der Waals surface area contributed by atoms with Crippen LogP contribution in [0.15, 0.2) is 40.5 Å². The first-order chi connectivity index (χ1) is 17.4. The Morgan fingerprint density at radius 1 is 1.19 bits per heavy atom. The second-order valence-corrected chi connectivity index (χ2v) is 11.5. The van der Waals surface area contributed by atoms with Crippen LogP contribution in [0.4, 0.5) is 14.9 Å². The van der Waals surface area contributed by atoms with Crippen molar-refractivity contribution in [3.63, 3.8) is 0 Å². The molecule has 0 aliphatic rings. The van der Waals surface area contributed by atoms with Crippen molar-refractivity contribution < 1.29 is 18.7 Å². The van der Waals surface area contributed by atoms with E-state index in [1.807, 2.05) is 24.4 Å². The molecule has 4 rings (SSSR count). The van der Waals surface area contributed by atoms with Gasteiger partial charge in [0.2, 0.25) is 0 Å². The van der Waals surface area contributed by atoms with Gasteiger partial charge in [0, 0.05) is 22.9 Å². The van der Waals surface area contributed by atoms with E-state index >= 15 is 4.39 Å². The van der Waals surface area contributed by atoms with Gasteiger partial charge in [-0.15, -0.1) is 11.3 Å². The van der Waals surface area contributed by atoms with E-state index in [0.29, 0.717) is 46.0 Å². The molecule has 37 heavy (non-hydrogen) atoms. The van der Waals surface area contributed by atoms with Gasteiger partial charge in [-0.05, 0) is 80.8 Å². The van der Waals surface area contributed by atoms with E-state index < -0.39 is 17.5 Å². The van der Waals surface area contributed by atoms with Gasteiger partial charge in [0.25, 0.3) is 5.56 Å². The number of halogens is 1. The zero-order chi connectivity index (χ0) is 27.1. The number of H-pyrrole nitrogens is 1. The highest BCUT2D eigenvalue weighted by Gasteiger charge is 2.26. The van der Waals surface area contributed by atoms with Crippen molar-refractivity contribution in [1.82, 2.24) is 4.98 Å². The first-order valence-electron chi connectivity index (χ1n) is 12.3. The van der Waals surface area contributed by atoms with Crippen LogP contribution < -0.4 is 15.2 Å². The predicted molar refractivity (Wildman–Crippen MR) is 150 cm³/mol. The third-order valence-electron chi connectivity index (χ3n) is 6.16. The Labute approximate surface area is 220 Å². The van der Waals surface area contributed by atoms with Crippen LogP contribution >= 0.6 is 11.3 Å². The maximum Gasteiger partial charge on any atom is 0.414 e. The summed E-state index contributed by atoms with van der Waals surface area (Å²) >= 11 is 1.36. The van der Waals surface area contributed by atoms with Crippen molar-refractivity contribution in [3.05, 3.63) is 57.4 Å². The van der Waals surface area contributed by atoms with Crippen LogP contribution in [0.2, 0.25) is 0 Å². The first kappa shape index (κ1) is 26.7. The van der Waals surface area contributed by atoms with Crippen LogP contribution in [0, 0.1) is 18.7 Å². The molecule has 0 spiro atoms. The Bertz CT molecular complexity index is 1530. The van der Waals surface area contributed by atoms with Crippen LogP contribution in [-0.2, 0) is 4.74 Å². The summed E-state index contributed by atoms with van der Waals surface area (Å²) in [5.74, 6) is 0.347. The summed E-state index contributed by atoms with van der Waals surface area (Å²) in [6.07, 6.45) is 0.108. The zero-order valence-corrected chi connectivity index (χ0v) is 23.1. The standard InChI is InChI=1S/C29H33FN2O4S/c1-16(2)10-12-32(28(34)36-29(4,5)6)21-9-8-18(15-20(21)30)23-22(35-7)14-17(3)25-24(23)19-11-13-37-26(19)27(33)31-25/h8-9,11,13-16H,10,12H2,1-7H3,(H,31,33). The largest absolute Gasteiger partial charge is 0.496 e. The smallest absolute Gasteiger partial charge is 0.414 e. The normalized spacial score (nSPS) is 11.9. The number of aromatic amines is 1. The van der Waals surface area contributed by atoms with Crippen molar-refractivity contribution in [3.8, 4) is 16.9 Å². The van der Waals surface area contributed by atoms with Gasteiger partial charge in [-0.1, -0.05) is 19.9 Å². The number of fused-ring (bicyclic) bond motifs is 3. The van der Waals surface area contributed by atoms with Gasteiger partial charge in [0.15, 0.2) is 0 Å². The molecule has 4 aromatic rings. The molecular formula is C29H33FN2O4S. The minimum Gasteiger partial charge on any atom is -0.496 e. The third-order valence-corrected chi connectivity index (χ3v) is 7.07. The van der Waals surface area contributed by atoms with Gasteiger partial charge in [0.05, 0.1) is 18.3 Å². The molecule has 0 saturated heterocycles. The molecule has 0 saturated carbocycles. The van der Waals surface area contributed by atoms with Crippen LogP contribution in [0.5, 0.6) is 5.75 Å². The maximum atomic E-state index is 15.8. The van der Waals surface area contributed by atoms with E-state index in [2.05, 4.69) is 18.8 Å². The molecule has 0 aliphatic heterocycles. The topological polar surface area (TPSA) is 71.6 Å². The molecule has 0 aliphatic carbocycles. The molecule has 196 valence electrons. The van der Waals surface area contributed by atoms with E-state index in [-0.39, 0.29) is 11.2 Å². The molecule has 0 unspecified atom stereocenters.